The number of carbonyl (C=O) groups excluding carboxylic acids is 1. The predicted octanol–water partition coefficient (Wildman–Crippen LogP) is 1.00. The van der Waals surface area contributed by atoms with Crippen LogP contribution in [0.1, 0.15) is 0 Å². The fourth-order valence-corrected chi connectivity index (χ4v) is 1.54. The van der Waals surface area contributed by atoms with Gasteiger partial charge in [-0.1, -0.05) is 0 Å². The Morgan fingerprint density at radius 1 is 1.64 bits per heavy atom. The van der Waals surface area contributed by atoms with Crippen LogP contribution in [0.25, 0.3) is 0 Å². The largest absolute Gasteiger partial charge is 0.323 e. The molecule has 0 spiro atoms. The molecular weight excluding hydrogens is 246 g/mol. The molecule has 1 fully saturated rings. The van der Waals surface area contributed by atoms with Crippen LogP contribution in [0.2, 0.25) is 0 Å². The molecule has 0 radical (unpaired) electrons. The number of nitrogens with one attached hydrogen (secondary N) is 2. The third kappa shape index (κ3) is 1.93. The molecule has 5 heteroatoms. The SMILES string of the molecule is O=C(Nc1cccnc1Br)C1CNC1. The van der Waals surface area contributed by atoms with Crippen molar-refractivity contribution in [1.29, 1.82) is 0 Å². The number of halogens is 1. The molecule has 0 aromatic carbocycles. The molecule has 0 saturated carbocycles. The Balaban J connectivity index is 2.03. The molecule has 14 heavy (non-hydrogen) atoms. The monoisotopic (exact) mass is 255 g/mol. The molecule has 0 unspecified atom stereocenters. The van der Waals surface area contributed by atoms with E-state index in [9.17, 15) is 4.79 Å². The second-order valence-electron chi connectivity index (χ2n) is 3.19. The lowest BCUT2D eigenvalue weighted by Gasteiger charge is -2.25. The van der Waals surface area contributed by atoms with Crippen LogP contribution in [-0.4, -0.2) is 24.0 Å². The van der Waals surface area contributed by atoms with E-state index in [1.165, 1.54) is 0 Å². The molecule has 74 valence electrons. The molecule has 1 aromatic heterocycles. The Bertz CT molecular complexity index is 352. The lowest BCUT2D eigenvalue weighted by molar-refractivity contribution is -0.121. The lowest BCUT2D eigenvalue weighted by Crippen LogP contribution is -2.48. The zero-order chi connectivity index (χ0) is 9.97. The maximum absolute atomic E-state index is 11.5. The molecule has 2 rings (SSSR count). The van der Waals surface area contributed by atoms with Gasteiger partial charge in [0.25, 0.3) is 0 Å². The summed E-state index contributed by atoms with van der Waals surface area (Å²) in [6, 6.07) is 3.61. The molecule has 1 aliphatic heterocycles. The van der Waals surface area contributed by atoms with Gasteiger partial charge in [0.1, 0.15) is 4.60 Å². The summed E-state index contributed by atoms with van der Waals surface area (Å²) in [4.78, 5) is 15.6. The minimum absolute atomic E-state index is 0.0532. The number of rotatable bonds is 2. The van der Waals surface area contributed by atoms with E-state index < -0.39 is 0 Å². The first-order valence-electron chi connectivity index (χ1n) is 4.39. The highest BCUT2D eigenvalue weighted by molar-refractivity contribution is 9.10. The van der Waals surface area contributed by atoms with Crippen molar-refractivity contribution < 1.29 is 4.79 Å². The summed E-state index contributed by atoms with van der Waals surface area (Å²) in [6.45, 7) is 1.54. The summed E-state index contributed by atoms with van der Waals surface area (Å²) < 4.78 is 0.667. The van der Waals surface area contributed by atoms with E-state index in [1.807, 2.05) is 6.07 Å². The second-order valence-corrected chi connectivity index (χ2v) is 3.94. The van der Waals surface area contributed by atoms with E-state index in [0.29, 0.717) is 4.60 Å². The maximum atomic E-state index is 11.5. The van der Waals surface area contributed by atoms with Crippen LogP contribution in [0.4, 0.5) is 5.69 Å². The number of hydrogen-bond acceptors (Lipinski definition) is 3. The number of pyridine rings is 1. The number of carbonyl (C=O) groups is 1. The average Bonchev–Trinajstić information content (AvgIpc) is 2.05. The average molecular weight is 256 g/mol. The van der Waals surface area contributed by atoms with E-state index >= 15 is 0 Å². The van der Waals surface area contributed by atoms with Crippen LogP contribution in [0.15, 0.2) is 22.9 Å². The first kappa shape index (κ1) is 9.61. The summed E-state index contributed by atoms with van der Waals surface area (Å²) >= 11 is 3.27. The van der Waals surface area contributed by atoms with Crippen LogP contribution >= 0.6 is 15.9 Å². The Morgan fingerprint density at radius 3 is 3.00 bits per heavy atom. The van der Waals surface area contributed by atoms with Gasteiger partial charge in [-0.05, 0) is 28.1 Å². The van der Waals surface area contributed by atoms with Crippen molar-refractivity contribution in [3.05, 3.63) is 22.9 Å². The third-order valence-corrected chi connectivity index (χ3v) is 2.80. The number of hydrogen-bond donors (Lipinski definition) is 2. The molecule has 0 aliphatic carbocycles. The summed E-state index contributed by atoms with van der Waals surface area (Å²) in [7, 11) is 0. The zero-order valence-electron chi connectivity index (χ0n) is 7.46. The van der Waals surface area contributed by atoms with Crippen molar-refractivity contribution >= 4 is 27.5 Å². The van der Waals surface area contributed by atoms with Crippen molar-refractivity contribution in [2.24, 2.45) is 5.92 Å². The highest BCUT2D eigenvalue weighted by atomic mass is 79.9. The molecule has 1 amide bonds. The fraction of sp³-hybridized carbons (Fsp3) is 0.333. The van der Waals surface area contributed by atoms with Gasteiger partial charge in [-0.3, -0.25) is 4.79 Å². The van der Waals surface area contributed by atoms with Gasteiger partial charge in [-0.25, -0.2) is 4.98 Å². The van der Waals surface area contributed by atoms with Crippen molar-refractivity contribution in [1.82, 2.24) is 10.3 Å². The van der Waals surface area contributed by atoms with Gasteiger partial charge in [0, 0.05) is 19.3 Å². The van der Waals surface area contributed by atoms with E-state index in [4.69, 9.17) is 0 Å². The van der Waals surface area contributed by atoms with Gasteiger partial charge in [0.15, 0.2) is 0 Å². The maximum Gasteiger partial charge on any atom is 0.230 e. The topological polar surface area (TPSA) is 54.0 Å². The van der Waals surface area contributed by atoms with Crippen molar-refractivity contribution in [2.75, 3.05) is 18.4 Å². The van der Waals surface area contributed by atoms with Gasteiger partial charge in [0.05, 0.1) is 11.6 Å². The highest BCUT2D eigenvalue weighted by Gasteiger charge is 2.25. The minimum atomic E-state index is 0.0532. The smallest absolute Gasteiger partial charge is 0.230 e. The number of anilines is 1. The van der Waals surface area contributed by atoms with Crippen LogP contribution in [-0.2, 0) is 4.79 Å². The van der Waals surface area contributed by atoms with Gasteiger partial charge in [-0.2, -0.15) is 0 Å². The van der Waals surface area contributed by atoms with Crippen LogP contribution in [0.3, 0.4) is 0 Å². The molecule has 1 aromatic rings. The third-order valence-electron chi connectivity index (χ3n) is 2.17. The van der Waals surface area contributed by atoms with Crippen LogP contribution in [0, 0.1) is 5.92 Å². The minimum Gasteiger partial charge on any atom is -0.323 e. The van der Waals surface area contributed by atoms with E-state index in [2.05, 4.69) is 31.5 Å². The number of amides is 1. The zero-order valence-corrected chi connectivity index (χ0v) is 9.04. The molecule has 2 N–H and O–H groups in total. The lowest BCUT2D eigenvalue weighted by atomic mass is 10.0. The summed E-state index contributed by atoms with van der Waals surface area (Å²) in [5.41, 5.74) is 0.726. The van der Waals surface area contributed by atoms with Gasteiger partial charge in [-0.15, -0.1) is 0 Å². The van der Waals surface area contributed by atoms with Crippen molar-refractivity contribution in [2.45, 2.75) is 0 Å². The molecule has 4 nitrogen and oxygen atoms in total. The van der Waals surface area contributed by atoms with Gasteiger partial charge >= 0.3 is 0 Å². The molecule has 2 heterocycles. The normalized spacial score (nSPS) is 16.1. The summed E-state index contributed by atoms with van der Waals surface area (Å²) in [6.07, 6.45) is 1.67. The Labute approximate surface area is 90.2 Å². The van der Waals surface area contributed by atoms with Crippen molar-refractivity contribution in [3.8, 4) is 0 Å². The highest BCUT2D eigenvalue weighted by Crippen LogP contribution is 2.19. The second kappa shape index (κ2) is 4.06. The Hall–Kier alpha value is -0.940. The molecular formula is C9H10BrN3O. The standard InChI is InChI=1S/C9H10BrN3O/c10-8-7(2-1-3-12-8)13-9(14)6-4-11-5-6/h1-3,6,11H,4-5H2,(H,13,14). The summed E-state index contributed by atoms with van der Waals surface area (Å²) in [5.74, 6) is 0.152. The summed E-state index contributed by atoms with van der Waals surface area (Å²) in [5, 5.41) is 5.88. The van der Waals surface area contributed by atoms with Crippen LogP contribution < -0.4 is 10.6 Å². The molecule has 0 atom stereocenters. The van der Waals surface area contributed by atoms with E-state index in [0.717, 1.165) is 18.8 Å². The molecule has 1 saturated heterocycles. The van der Waals surface area contributed by atoms with E-state index in [-0.39, 0.29) is 11.8 Å². The predicted molar refractivity (Wildman–Crippen MR) is 56.9 cm³/mol. The van der Waals surface area contributed by atoms with E-state index in [1.54, 1.807) is 12.3 Å². The first-order chi connectivity index (χ1) is 6.77. The Morgan fingerprint density at radius 2 is 2.43 bits per heavy atom. The van der Waals surface area contributed by atoms with Crippen molar-refractivity contribution in [3.63, 3.8) is 0 Å². The van der Waals surface area contributed by atoms with Crippen LogP contribution in [0.5, 0.6) is 0 Å². The quantitative estimate of drug-likeness (QED) is 0.776. The molecule has 1 aliphatic rings. The van der Waals surface area contributed by atoms with Gasteiger partial charge < -0.3 is 10.6 Å². The number of aromatic nitrogens is 1. The number of nitrogens with zero attached hydrogens (tertiary/aromatic N) is 1. The molecule has 0 bridgehead atoms. The first-order valence-corrected chi connectivity index (χ1v) is 5.19. The van der Waals surface area contributed by atoms with Gasteiger partial charge in [0.2, 0.25) is 5.91 Å². The Kier molecular flexibility index (Phi) is 2.79. The fourth-order valence-electron chi connectivity index (χ4n) is 1.19.